The number of aromatic carboxylic acids is 1. The molecule has 2 aromatic rings. The molecule has 0 aliphatic carbocycles. The minimum atomic E-state index is -0.980. The molecule has 1 heterocycles. The number of para-hydroxylation sites is 1. The van der Waals surface area contributed by atoms with E-state index >= 15 is 0 Å². The largest absolute Gasteiger partial charge is 0.478 e. The molecule has 6 nitrogen and oxygen atoms in total. The van der Waals surface area contributed by atoms with Gasteiger partial charge < -0.3 is 20.1 Å². The summed E-state index contributed by atoms with van der Waals surface area (Å²) in [4.78, 5) is 26.7. The third-order valence-electron chi connectivity index (χ3n) is 5.30. The molecule has 154 valence electrons. The van der Waals surface area contributed by atoms with E-state index < -0.39 is 11.9 Å². The summed E-state index contributed by atoms with van der Waals surface area (Å²) in [5.74, 6) is -1.62. The fourth-order valence-electron chi connectivity index (χ4n) is 3.82. The quantitative estimate of drug-likeness (QED) is 0.670. The molecule has 1 atom stereocenters. The standard InChI is InChI=1S/C23H28N2O4/c1-29-16-13-24-22(26)21(17-9-11-18(12-10-17)23(27)28)19-7-3-4-8-20(19)25-14-5-2-6-15-25/h3-4,7-12,21H,2,5-6,13-16H2,1H3,(H,24,26)(H,27,28). The average Bonchev–Trinajstić information content (AvgIpc) is 2.75. The minimum Gasteiger partial charge on any atom is -0.478 e. The number of carboxylic acid groups (broad SMARTS) is 1. The van der Waals surface area contributed by atoms with Gasteiger partial charge in [0.15, 0.2) is 0 Å². The number of carbonyl (C=O) groups is 2. The van der Waals surface area contributed by atoms with Crippen LogP contribution in [0.2, 0.25) is 0 Å². The number of benzene rings is 2. The maximum absolute atomic E-state index is 13.2. The first-order valence-electron chi connectivity index (χ1n) is 10.1. The first-order valence-corrected chi connectivity index (χ1v) is 10.1. The maximum Gasteiger partial charge on any atom is 0.335 e. The van der Waals surface area contributed by atoms with Gasteiger partial charge in [0, 0.05) is 32.4 Å². The summed E-state index contributed by atoms with van der Waals surface area (Å²) in [5.41, 5.74) is 2.99. The van der Waals surface area contributed by atoms with E-state index in [0.717, 1.165) is 42.7 Å². The van der Waals surface area contributed by atoms with Crippen LogP contribution in [0.5, 0.6) is 0 Å². The van der Waals surface area contributed by atoms with E-state index in [0.29, 0.717) is 13.2 Å². The monoisotopic (exact) mass is 396 g/mol. The highest BCUT2D eigenvalue weighted by Crippen LogP contribution is 2.34. The van der Waals surface area contributed by atoms with Crippen molar-refractivity contribution in [2.75, 3.05) is 38.3 Å². The Morgan fingerprint density at radius 1 is 1.07 bits per heavy atom. The Hall–Kier alpha value is -2.86. The van der Waals surface area contributed by atoms with Gasteiger partial charge in [-0.1, -0.05) is 30.3 Å². The van der Waals surface area contributed by atoms with Crippen LogP contribution in [0.1, 0.15) is 46.7 Å². The number of ether oxygens (including phenoxy) is 1. The molecule has 1 aliphatic rings. The predicted molar refractivity (Wildman–Crippen MR) is 113 cm³/mol. The first-order chi connectivity index (χ1) is 14.1. The number of nitrogens with zero attached hydrogens (tertiary/aromatic N) is 1. The van der Waals surface area contributed by atoms with Crippen LogP contribution in [0, 0.1) is 0 Å². The lowest BCUT2D eigenvalue weighted by Crippen LogP contribution is -2.35. The van der Waals surface area contributed by atoms with Crippen LogP contribution in [-0.2, 0) is 9.53 Å². The SMILES string of the molecule is COCCNC(=O)C(c1ccc(C(=O)O)cc1)c1ccccc1N1CCCCC1. The molecule has 1 saturated heterocycles. The van der Waals surface area contributed by atoms with Gasteiger partial charge in [-0.25, -0.2) is 4.79 Å². The number of anilines is 1. The van der Waals surface area contributed by atoms with Crippen LogP contribution in [-0.4, -0.2) is 50.3 Å². The van der Waals surface area contributed by atoms with Crippen molar-refractivity contribution >= 4 is 17.6 Å². The number of piperidine rings is 1. The summed E-state index contributed by atoms with van der Waals surface area (Å²) in [6, 6.07) is 14.6. The fourth-order valence-corrected chi connectivity index (χ4v) is 3.82. The Morgan fingerprint density at radius 3 is 2.41 bits per heavy atom. The normalized spacial score (nSPS) is 15.0. The summed E-state index contributed by atoms with van der Waals surface area (Å²) >= 11 is 0. The minimum absolute atomic E-state index is 0.116. The van der Waals surface area contributed by atoms with Crippen molar-refractivity contribution in [2.45, 2.75) is 25.2 Å². The molecule has 0 spiro atoms. The van der Waals surface area contributed by atoms with Crippen LogP contribution in [0.25, 0.3) is 0 Å². The average molecular weight is 396 g/mol. The lowest BCUT2D eigenvalue weighted by molar-refractivity contribution is -0.121. The fraction of sp³-hybridized carbons (Fsp3) is 0.391. The number of carboxylic acids is 1. The van der Waals surface area contributed by atoms with Crippen LogP contribution in [0.4, 0.5) is 5.69 Å². The number of carbonyl (C=O) groups excluding carboxylic acids is 1. The summed E-state index contributed by atoms with van der Waals surface area (Å²) in [6.45, 7) is 2.81. The van der Waals surface area contributed by atoms with E-state index in [4.69, 9.17) is 4.74 Å². The van der Waals surface area contributed by atoms with Gasteiger partial charge >= 0.3 is 5.97 Å². The highest BCUT2D eigenvalue weighted by molar-refractivity contribution is 5.90. The van der Waals surface area contributed by atoms with Gasteiger partial charge in [0.1, 0.15) is 0 Å². The molecule has 29 heavy (non-hydrogen) atoms. The van der Waals surface area contributed by atoms with Crippen molar-refractivity contribution in [3.63, 3.8) is 0 Å². The first kappa shape index (κ1) is 20.9. The van der Waals surface area contributed by atoms with Gasteiger partial charge in [0.25, 0.3) is 0 Å². The van der Waals surface area contributed by atoms with Crippen molar-refractivity contribution in [1.82, 2.24) is 5.32 Å². The molecule has 2 N–H and O–H groups in total. The lowest BCUT2D eigenvalue weighted by atomic mass is 9.88. The lowest BCUT2D eigenvalue weighted by Gasteiger charge is -2.32. The number of amides is 1. The molecule has 6 heteroatoms. The van der Waals surface area contributed by atoms with Crippen LogP contribution < -0.4 is 10.2 Å². The second-order valence-electron chi connectivity index (χ2n) is 7.25. The molecule has 1 amide bonds. The summed E-state index contributed by atoms with van der Waals surface area (Å²) in [5, 5.41) is 12.1. The topological polar surface area (TPSA) is 78.9 Å². The van der Waals surface area contributed by atoms with E-state index in [-0.39, 0.29) is 11.5 Å². The maximum atomic E-state index is 13.2. The Kier molecular flexibility index (Phi) is 7.25. The smallest absolute Gasteiger partial charge is 0.335 e. The van der Waals surface area contributed by atoms with Crippen molar-refractivity contribution in [1.29, 1.82) is 0 Å². The molecule has 1 unspecified atom stereocenters. The van der Waals surface area contributed by atoms with E-state index in [9.17, 15) is 14.7 Å². The highest BCUT2D eigenvalue weighted by atomic mass is 16.5. The molecule has 2 aromatic carbocycles. The zero-order valence-electron chi connectivity index (χ0n) is 16.8. The van der Waals surface area contributed by atoms with Crippen molar-refractivity contribution in [3.05, 3.63) is 65.2 Å². The number of rotatable bonds is 8. The summed E-state index contributed by atoms with van der Waals surface area (Å²) < 4.78 is 5.06. The molecule has 0 saturated carbocycles. The number of nitrogens with one attached hydrogen (secondary N) is 1. The molecular formula is C23H28N2O4. The van der Waals surface area contributed by atoms with Gasteiger partial charge in [-0.3, -0.25) is 4.79 Å². The second kappa shape index (κ2) is 10.1. The second-order valence-corrected chi connectivity index (χ2v) is 7.25. The molecular weight excluding hydrogens is 368 g/mol. The van der Waals surface area contributed by atoms with Crippen molar-refractivity contribution in [3.8, 4) is 0 Å². The Labute approximate surface area is 171 Å². The van der Waals surface area contributed by atoms with Gasteiger partial charge in [-0.2, -0.15) is 0 Å². The van der Waals surface area contributed by atoms with Gasteiger partial charge in [-0.05, 0) is 48.6 Å². The Bertz CT molecular complexity index is 829. The van der Waals surface area contributed by atoms with Crippen molar-refractivity contribution in [2.24, 2.45) is 0 Å². The molecule has 1 fully saturated rings. The van der Waals surface area contributed by atoms with Crippen LogP contribution >= 0.6 is 0 Å². The molecule has 1 aliphatic heterocycles. The third kappa shape index (κ3) is 5.15. The highest BCUT2D eigenvalue weighted by Gasteiger charge is 2.27. The van der Waals surface area contributed by atoms with E-state index in [1.807, 2.05) is 18.2 Å². The third-order valence-corrected chi connectivity index (χ3v) is 5.30. The summed E-state index contributed by atoms with van der Waals surface area (Å²) in [7, 11) is 1.60. The molecule has 0 bridgehead atoms. The molecule has 0 radical (unpaired) electrons. The Balaban J connectivity index is 1.99. The van der Waals surface area contributed by atoms with Crippen LogP contribution in [0.3, 0.4) is 0 Å². The molecule has 3 rings (SSSR count). The zero-order valence-corrected chi connectivity index (χ0v) is 16.8. The van der Waals surface area contributed by atoms with Crippen LogP contribution in [0.15, 0.2) is 48.5 Å². The summed E-state index contributed by atoms with van der Waals surface area (Å²) in [6.07, 6.45) is 3.52. The van der Waals surface area contributed by atoms with Gasteiger partial charge in [-0.15, -0.1) is 0 Å². The van der Waals surface area contributed by atoms with E-state index in [2.05, 4.69) is 16.3 Å². The zero-order chi connectivity index (χ0) is 20.6. The molecule has 0 aromatic heterocycles. The van der Waals surface area contributed by atoms with E-state index in [1.165, 1.54) is 6.42 Å². The number of hydrogen-bond acceptors (Lipinski definition) is 4. The van der Waals surface area contributed by atoms with E-state index in [1.54, 1.807) is 31.4 Å². The predicted octanol–water partition coefficient (Wildman–Crippen LogP) is 3.27. The van der Waals surface area contributed by atoms with Gasteiger partial charge in [0.05, 0.1) is 18.1 Å². The number of hydrogen-bond donors (Lipinski definition) is 2. The number of methoxy groups -OCH3 is 1. The Morgan fingerprint density at radius 2 is 1.76 bits per heavy atom. The van der Waals surface area contributed by atoms with Gasteiger partial charge in [0.2, 0.25) is 5.91 Å². The van der Waals surface area contributed by atoms with Crippen molar-refractivity contribution < 1.29 is 19.4 Å².